The first-order valence-corrected chi connectivity index (χ1v) is 7.61. The van der Waals surface area contributed by atoms with Crippen molar-refractivity contribution in [2.75, 3.05) is 7.11 Å². The summed E-state index contributed by atoms with van der Waals surface area (Å²) in [6.45, 7) is 3.98. The molecule has 6 nitrogen and oxygen atoms in total. The summed E-state index contributed by atoms with van der Waals surface area (Å²) in [5.41, 5.74) is 4.17. The molecule has 0 aliphatic carbocycles. The van der Waals surface area contributed by atoms with Crippen LogP contribution in [0, 0.1) is 13.8 Å². The number of carbonyl (C=O) groups is 1. The maximum Gasteiger partial charge on any atom is 0.311 e. The molecular weight excluding hydrogens is 304 g/mol. The van der Waals surface area contributed by atoms with Crippen molar-refractivity contribution >= 4 is 23.1 Å². The van der Waals surface area contributed by atoms with Crippen molar-refractivity contribution in [3.05, 3.63) is 59.4 Å². The van der Waals surface area contributed by atoms with Gasteiger partial charge >= 0.3 is 5.97 Å². The van der Waals surface area contributed by atoms with Crippen LogP contribution >= 0.6 is 0 Å². The number of aromatic nitrogens is 2. The van der Waals surface area contributed by atoms with Gasteiger partial charge < -0.3 is 4.74 Å². The van der Waals surface area contributed by atoms with E-state index in [1.54, 1.807) is 0 Å². The maximum atomic E-state index is 11.6. The zero-order valence-electron chi connectivity index (χ0n) is 13.9. The van der Waals surface area contributed by atoms with E-state index >= 15 is 0 Å². The van der Waals surface area contributed by atoms with Crippen molar-refractivity contribution in [3.8, 4) is 0 Å². The quantitative estimate of drug-likeness (QED) is 0.537. The van der Waals surface area contributed by atoms with E-state index in [4.69, 9.17) is 4.74 Å². The molecule has 0 radical (unpaired) electrons. The second-order valence-electron chi connectivity index (χ2n) is 5.50. The Morgan fingerprint density at radius 3 is 2.58 bits per heavy atom. The summed E-state index contributed by atoms with van der Waals surface area (Å²) in [4.78, 5) is 16.1. The van der Waals surface area contributed by atoms with Crippen molar-refractivity contribution < 1.29 is 9.53 Å². The number of azo groups is 1. The first kappa shape index (κ1) is 15.9. The summed E-state index contributed by atoms with van der Waals surface area (Å²) < 4.78 is 6.56. The van der Waals surface area contributed by atoms with Crippen LogP contribution in [0.15, 0.2) is 52.8 Å². The molecule has 2 heterocycles. The van der Waals surface area contributed by atoms with E-state index in [0.29, 0.717) is 17.2 Å². The number of methoxy groups -OCH3 is 1. The zero-order chi connectivity index (χ0) is 17.1. The molecule has 0 unspecified atom stereocenters. The van der Waals surface area contributed by atoms with Gasteiger partial charge in [0.25, 0.3) is 0 Å². The lowest BCUT2D eigenvalue weighted by atomic mass is 10.1. The number of nitrogens with zero attached hydrogens (tertiary/aromatic N) is 4. The molecule has 122 valence electrons. The smallest absolute Gasteiger partial charge is 0.311 e. The molecule has 0 aliphatic heterocycles. The van der Waals surface area contributed by atoms with E-state index in [9.17, 15) is 4.79 Å². The maximum absolute atomic E-state index is 11.6. The fourth-order valence-corrected chi connectivity index (χ4v) is 2.53. The van der Waals surface area contributed by atoms with Crippen LogP contribution in [-0.4, -0.2) is 22.5 Å². The second kappa shape index (κ2) is 6.62. The number of hydrogen-bond acceptors (Lipinski definition) is 5. The lowest BCUT2D eigenvalue weighted by Gasteiger charge is -2.03. The number of hydrogen-bond donors (Lipinski definition) is 0. The van der Waals surface area contributed by atoms with Gasteiger partial charge in [0, 0.05) is 6.20 Å². The molecule has 24 heavy (non-hydrogen) atoms. The monoisotopic (exact) mass is 322 g/mol. The van der Waals surface area contributed by atoms with Gasteiger partial charge in [-0.25, -0.2) is 4.98 Å². The Morgan fingerprint density at radius 1 is 1.12 bits per heavy atom. The number of benzene rings is 1. The summed E-state index contributed by atoms with van der Waals surface area (Å²) >= 11 is 0. The molecule has 1 aromatic carbocycles. The molecule has 0 spiro atoms. The lowest BCUT2D eigenvalue weighted by molar-refractivity contribution is -0.139. The van der Waals surface area contributed by atoms with E-state index in [2.05, 4.69) is 15.2 Å². The number of aryl methyl sites for hydroxylation is 2. The summed E-state index contributed by atoms with van der Waals surface area (Å²) in [7, 11) is 1.36. The SMILES string of the molecule is COC(=O)Cc1nc2ccccn2c1N=Nc1c(C)cccc1C. The molecule has 0 amide bonds. The van der Waals surface area contributed by atoms with Crippen LogP contribution in [-0.2, 0) is 16.0 Å². The van der Waals surface area contributed by atoms with Gasteiger partial charge in [-0.15, -0.1) is 10.2 Å². The van der Waals surface area contributed by atoms with Gasteiger partial charge in [-0.05, 0) is 37.1 Å². The van der Waals surface area contributed by atoms with Crippen molar-refractivity contribution in [3.63, 3.8) is 0 Å². The van der Waals surface area contributed by atoms with Gasteiger partial charge in [0.05, 0.1) is 24.9 Å². The number of imidazole rings is 1. The summed E-state index contributed by atoms with van der Waals surface area (Å²) in [6.07, 6.45) is 1.90. The first-order chi connectivity index (χ1) is 11.6. The normalized spacial score (nSPS) is 11.3. The Kier molecular flexibility index (Phi) is 4.37. The molecule has 0 fully saturated rings. The number of esters is 1. The summed E-state index contributed by atoms with van der Waals surface area (Å²) in [5, 5.41) is 8.80. The average molecular weight is 322 g/mol. The highest BCUT2D eigenvalue weighted by molar-refractivity contribution is 5.74. The Labute approximate surface area is 139 Å². The number of carbonyl (C=O) groups excluding carboxylic acids is 1. The first-order valence-electron chi connectivity index (χ1n) is 7.61. The largest absolute Gasteiger partial charge is 0.469 e. The predicted molar refractivity (Wildman–Crippen MR) is 91.0 cm³/mol. The minimum absolute atomic E-state index is 0.0548. The lowest BCUT2D eigenvalue weighted by Crippen LogP contribution is -2.04. The Hall–Kier alpha value is -3.02. The topological polar surface area (TPSA) is 68.3 Å². The van der Waals surface area contributed by atoms with Crippen molar-refractivity contribution in [1.29, 1.82) is 0 Å². The molecule has 0 bridgehead atoms. The fraction of sp³-hybridized carbons (Fsp3) is 0.222. The van der Waals surface area contributed by atoms with Gasteiger partial charge in [-0.2, -0.15) is 0 Å². The molecule has 0 atom stereocenters. The van der Waals surface area contributed by atoms with Crippen LogP contribution < -0.4 is 0 Å². The molecule has 0 N–H and O–H groups in total. The van der Waals surface area contributed by atoms with Gasteiger partial charge in [-0.1, -0.05) is 24.3 Å². The second-order valence-corrected chi connectivity index (χ2v) is 5.50. The molecule has 2 aromatic heterocycles. The number of fused-ring (bicyclic) bond motifs is 1. The standard InChI is InChI=1S/C18H18N4O2/c1-12-7-6-8-13(2)17(12)20-21-18-14(11-16(23)24-3)19-15-9-4-5-10-22(15)18/h4-10H,11H2,1-3H3. The molecule has 0 saturated heterocycles. The van der Waals surface area contributed by atoms with Gasteiger partial charge in [0.1, 0.15) is 5.65 Å². The van der Waals surface area contributed by atoms with Crippen molar-refractivity contribution in [2.24, 2.45) is 10.2 Å². The van der Waals surface area contributed by atoms with E-state index in [1.807, 2.05) is 60.8 Å². The van der Waals surface area contributed by atoms with Crippen LogP contribution in [0.1, 0.15) is 16.8 Å². The van der Waals surface area contributed by atoms with E-state index in [1.165, 1.54) is 7.11 Å². The average Bonchev–Trinajstić information content (AvgIpc) is 2.91. The van der Waals surface area contributed by atoms with Crippen LogP contribution in [0.5, 0.6) is 0 Å². The number of pyridine rings is 1. The van der Waals surface area contributed by atoms with Crippen LogP contribution in [0.3, 0.4) is 0 Å². The summed E-state index contributed by atoms with van der Waals surface area (Å²) in [6, 6.07) is 11.6. The number of ether oxygens (including phenoxy) is 1. The third kappa shape index (κ3) is 3.03. The summed E-state index contributed by atoms with van der Waals surface area (Å²) in [5.74, 6) is 0.181. The van der Waals surface area contributed by atoms with Crippen LogP contribution in [0.25, 0.3) is 5.65 Å². The molecule has 0 aliphatic rings. The van der Waals surface area contributed by atoms with Crippen molar-refractivity contribution in [2.45, 2.75) is 20.3 Å². The van der Waals surface area contributed by atoms with Crippen molar-refractivity contribution in [1.82, 2.24) is 9.38 Å². The number of rotatable bonds is 4. The minimum atomic E-state index is -0.359. The fourth-order valence-electron chi connectivity index (χ4n) is 2.53. The molecule has 3 aromatic rings. The Bertz CT molecular complexity index is 908. The Balaban J connectivity index is 2.08. The zero-order valence-corrected chi connectivity index (χ0v) is 13.9. The van der Waals surface area contributed by atoms with Gasteiger partial charge in [0.2, 0.25) is 0 Å². The third-order valence-corrected chi connectivity index (χ3v) is 3.80. The van der Waals surface area contributed by atoms with Crippen LogP contribution in [0.4, 0.5) is 11.5 Å². The van der Waals surface area contributed by atoms with E-state index in [0.717, 1.165) is 16.8 Å². The Morgan fingerprint density at radius 2 is 1.88 bits per heavy atom. The minimum Gasteiger partial charge on any atom is -0.469 e. The molecular formula is C18H18N4O2. The van der Waals surface area contributed by atoms with Gasteiger partial charge in [-0.3, -0.25) is 9.20 Å². The third-order valence-electron chi connectivity index (χ3n) is 3.80. The van der Waals surface area contributed by atoms with Gasteiger partial charge in [0.15, 0.2) is 5.82 Å². The predicted octanol–water partition coefficient (Wildman–Crippen LogP) is 4.08. The highest BCUT2D eigenvalue weighted by Gasteiger charge is 2.15. The van der Waals surface area contributed by atoms with Crippen LogP contribution in [0.2, 0.25) is 0 Å². The van der Waals surface area contributed by atoms with E-state index in [-0.39, 0.29) is 12.4 Å². The highest BCUT2D eigenvalue weighted by atomic mass is 16.5. The molecule has 6 heteroatoms. The molecule has 0 saturated carbocycles. The molecule has 3 rings (SSSR count). The van der Waals surface area contributed by atoms with E-state index < -0.39 is 0 Å². The highest BCUT2D eigenvalue weighted by Crippen LogP contribution is 2.28.